The summed E-state index contributed by atoms with van der Waals surface area (Å²) in [6, 6.07) is 0. The number of halogens is 3. The molecular weight excluding hydrogens is 231 g/mol. The van der Waals surface area contributed by atoms with Crippen LogP contribution >= 0.6 is 0 Å². The number of amides is 1. The SMILES string of the molecule is CC1(C(=O)O)CN(C(=O)C(F)(F)F)CCO1. The third-order valence-electron chi connectivity index (χ3n) is 2.26. The first-order valence-corrected chi connectivity index (χ1v) is 4.40. The highest BCUT2D eigenvalue weighted by Crippen LogP contribution is 2.24. The number of morpholine rings is 1. The molecule has 0 saturated carbocycles. The summed E-state index contributed by atoms with van der Waals surface area (Å²) in [5.74, 6) is -3.43. The zero-order valence-corrected chi connectivity index (χ0v) is 8.37. The Morgan fingerprint density at radius 2 is 2.00 bits per heavy atom. The first kappa shape index (κ1) is 12.8. The minimum atomic E-state index is -4.99. The molecule has 1 N–H and O–H groups in total. The molecule has 1 unspecified atom stereocenters. The lowest BCUT2D eigenvalue weighted by Crippen LogP contribution is -2.58. The number of alkyl halides is 3. The number of nitrogens with zero attached hydrogens (tertiary/aromatic N) is 1. The highest BCUT2D eigenvalue weighted by Gasteiger charge is 2.48. The van der Waals surface area contributed by atoms with Gasteiger partial charge in [0.1, 0.15) is 0 Å². The largest absolute Gasteiger partial charge is 0.479 e. The first-order valence-electron chi connectivity index (χ1n) is 4.40. The summed E-state index contributed by atoms with van der Waals surface area (Å²) in [5.41, 5.74) is -1.78. The maximum Gasteiger partial charge on any atom is 0.471 e. The van der Waals surface area contributed by atoms with Gasteiger partial charge in [-0.3, -0.25) is 4.79 Å². The molecule has 0 aromatic carbocycles. The maximum atomic E-state index is 12.1. The summed E-state index contributed by atoms with van der Waals surface area (Å²) >= 11 is 0. The van der Waals surface area contributed by atoms with Gasteiger partial charge in [-0.2, -0.15) is 13.2 Å². The van der Waals surface area contributed by atoms with Crippen molar-refractivity contribution in [2.24, 2.45) is 0 Å². The summed E-state index contributed by atoms with van der Waals surface area (Å²) in [5, 5.41) is 8.76. The van der Waals surface area contributed by atoms with Gasteiger partial charge in [-0.25, -0.2) is 4.79 Å². The van der Waals surface area contributed by atoms with Gasteiger partial charge in [0.05, 0.1) is 13.2 Å². The Balaban J connectivity index is 2.79. The minimum Gasteiger partial charge on any atom is -0.479 e. The molecule has 92 valence electrons. The van der Waals surface area contributed by atoms with E-state index in [2.05, 4.69) is 0 Å². The smallest absolute Gasteiger partial charge is 0.471 e. The molecule has 1 amide bonds. The number of hydrogen-bond donors (Lipinski definition) is 1. The molecule has 1 atom stereocenters. The second-order valence-electron chi connectivity index (χ2n) is 3.61. The van der Waals surface area contributed by atoms with Crippen molar-refractivity contribution in [2.45, 2.75) is 18.7 Å². The van der Waals surface area contributed by atoms with Crippen molar-refractivity contribution in [2.75, 3.05) is 19.7 Å². The van der Waals surface area contributed by atoms with E-state index in [-0.39, 0.29) is 13.2 Å². The van der Waals surface area contributed by atoms with Crippen LogP contribution in [0.2, 0.25) is 0 Å². The molecule has 1 aliphatic rings. The second kappa shape index (κ2) is 3.93. The number of carboxylic acid groups (broad SMARTS) is 1. The molecule has 1 heterocycles. The van der Waals surface area contributed by atoms with Crippen LogP contribution in [0.25, 0.3) is 0 Å². The number of aliphatic carboxylic acids is 1. The third kappa shape index (κ3) is 2.43. The standard InChI is InChI=1S/C8H10F3NO4/c1-7(6(14)15)4-12(2-3-16-7)5(13)8(9,10)11/h2-4H2,1H3,(H,14,15). The Labute approximate surface area is 88.8 Å². The molecule has 1 saturated heterocycles. The van der Waals surface area contributed by atoms with E-state index >= 15 is 0 Å². The Hall–Kier alpha value is -1.31. The van der Waals surface area contributed by atoms with E-state index in [0.717, 1.165) is 6.92 Å². The molecule has 0 bridgehead atoms. The van der Waals surface area contributed by atoms with Crippen LogP contribution in [0.5, 0.6) is 0 Å². The lowest BCUT2D eigenvalue weighted by atomic mass is 10.0. The van der Waals surface area contributed by atoms with E-state index in [0.29, 0.717) is 4.90 Å². The van der Waals surface area contributed by atoms with Crippen LogP contribution in [0.1, 0.15) is 6.92 Å². The van der Waals surface area contributed by atoms with E-state index in [4.69, 9.17) is 9.84 Å². The van der Waals surface area contributed by atoms with Crippen LogP contribution in [0, 0.1) is 0 Å². The molecule has 1 rings (SSSR count). The summed E-state index contributed by atoms with van der Waals surface area (Å²) in [7, 11) is 0. The molecule has 5 nitrogen and oxygen atoms in total. The normalized spacial score (nSPS) is 26.6. The molecule has 0 radical (unpaired) electrons. The Morgan fingerprint density at radius 3 is 2.44 bits per heavy atom. The number of carbonyl (C=O) groups excluding carboxylic acids is 1. The van der Waals surface area contributed by atoms with E-state index in [1.54, 1.807) is 0 Å². The average molecular weight is 241 g/mol. The molecule has 1 fully saturated rings. The van der Waals surface area contributed by atoms with Gasteiger partial charge in [0, 0.05) is 6.54 Å². The van der Waals surface area contributed by atoms with Crippen LogP contribution in [0.3, 0.4) is 0 Å². The zero-order valence-electron chi connectivity index (χ0n) is 8.37. The Bertz CT molecular complexity index is 317. The molecule has 16 heavy (non-hydrogen) atoms. The van der Waals surface area contributed by atoms with Crippen LogP contribution in [-0.2, 0) is 14.3 Å². The van der Waals surface area contributed by atoms with E-state index in [1.165, 1.54) is 0 Å². The van der Waals surface area contributed by atoms with Crippen molar-refractivity contribution in [1.29, 1.82) is 0 Å². The monoisotopic (exact) mass is 241 g/mol. The van der Waals surface area contributed by atoms with Crippen molar-refractivity contribution in [1.82, 2.24) is 4.90 Å². The van der Waals surface area contributed by atoms with Crippen LogP contribution < -0.4 is 0 Å². The Kier molecular flexibility index (Phi) is 3.13. The highest BCUT2D eigenvalue weighted by atomic mass is 19.4. The second-order valence-corrected chi connectivity index (χ2v) is 3.61. The third-order valence-corrected chi connectivity index (χ3v) is 2.26. The lowest BCUT2D eigenvalue weighted by molar-refractivity contribution is -0.200. The fourth-order valence-corrected chi connectivity index (χ4v) is 1.35. The molecule has 8 heteroatoms. The quantitative estimate of drug-likeness (QED) is 0.714. The maximum absolute atomic E-state index is 12.1. The van der Waals surface area contributed by atoms with Gasteiger partial charge >= 0.3 is 18.1 Å². The van der Waals surface area contributed by atoms with E-state index < -0.39 is 30.2 Å². The molecular formula is C8H10F3NO4. The zero-order chi connectivity index (χ0) is 12.6. The van der Waals surface area contributed by atoms with Gasteiger partial charge in [0.15, 0.2) is 5.60 Å². The molecule has 0 aliphatic carbocycles. The number of carboxylic acids is 1. The predicted octanol–water partition coefficient (Wildman–Crippen LogP) is 0.251. The molecule has 0 aromatic rings. The average Bonchev–Trinajstić information content (AvgIpc) is 2.15. The molecule has 0 spiro atoms. The first-order chi connectivity index (χ1) is 7.17. The van der Waals surface area contributed by atoms with Crippen LogP contribution in [0.15, 0.2) is 0 Å². The summed E-state index contributed by atoms with van der Waals surface area (Å²) < 4.78 is 41.2. The van der Waals surface area contributed by atoms with Crippen molar-refractivity contribution < 1.29 is 32.6 Å². The van der Waals surface area contributed by atoms with Gasteiger partial charge in [-0.05, 0) is 6.92 Å². The number of ether oxygens (including phenoxy) is 1. The number of rotatable bonds is 1. The van der Waals surface area contributed by atoms with Gasteiger partial charge in [-0.1, -0.05) is 0 Å². The fraction of sp³-hybridized carbons (Fsp3) is 0.750. The topological polar surface area (TPSA) is 66.8 Å². The van der Waals surface area contributed by atoms with E-state index in [9.17, 15) is 22.8 Å². The van der Waals surface area contributed by atoms with Crippen LogP contribution in [0.4, 0.5) is 13.2 Å². The van der Waals surface area contributed by atoms with Crippen molar-refractivity contribution >= 4 is 11.9 Å². The number of carbonyl (C=O) groups is 2. The summed E-state index contributed by atoms with van der Waals surface area (Å²) in [4.78, 5) is 22.1. The van der Waals surface area contributed by atoms with Crippen LogP contribution in [-0.4, -0.2) is 53.4 Å². The van der Waals surface area contributed by atoms with Gasteiger partial charge < -0.3 is 14.7 Å². The van der Waals surface area contributed by atoms with E-state index in [1.807, 2.05) is 0 Å². The van der Waals surface area contributed by atoms with Crippen molar-refractivity contribution in [3.05, 3.63) is 0 Å². The molecule has 0 aromatic heterocycles. The summed E-state index contributed by atoms with van der Waals surface area (Å²) in [6.07, 6.45) is -4.99. The number of hydrogen-bond acceptors (Lipinski definition) is 3. The Morgan fingerprint density at radius 1 is 1.44 bits per heavy atom. The fourth-order valence-electron chi connectivity index (χ4n) is 1.35. The lowest BCUT2D eigenvalue weighted by Gasteiger charge is -2.37. The van der Waals surface area contributed by atoms with Gasteiger partial charge in [0.2, 0.25) is 0 Å². The van der Waals surface area contributed by atoms with Crippen molar-refractivity contribution in [3.8, 4) is 0 Å². The van der Waals surface area contributed by atoms with Crippen molar-refractivity contribution in [3.63, 3.8) is 0 Å². The van der Waals surface area contributed by atoms with Gasteiger partial charge in [-0.15, -0.1) is 0 Å². The minimum absolute atomic E-state index is 0.232. The molecule has 1 aliphatic heterocycles. The highest BCUT2D eigenvalue weighted by molar-refractivity contribution is 5.84. The summed E-state index contributed by atoms with van der Waals surface area (Å²) in [6.45, 7) is 0.0255. The van der Waals surface area contributed by atoms with Gasteiger partial charge in [0.25, 0.3) is 0 Å². The predicted molar refractivity (Wildman–Crippen MR) is 44.6 cm³/mol.